The van der Waals surface area contributed by atoms with Crippen LogP contribution in [0.4, 0.5) is 5.69 Å². The molecule has 0 unspecified atom stereocenters. The van der Waals surface area contributed by atoms with Crippen molar-refractivity contribution in [1.29, 1.82) is 0 Å². The van der Waals surface area contributed by atoms with Crippen LogP contribution in [0.1, 0.15) is 12.5 Å². The average molecular weight is 314 g/mol. The Balaban J connectivity index is 1.92. The molecule has 2 rings (SSSR count). The maximum Gasteiger partial charge on any atom is 0.262 e. The van der Waals surface area contributed by atoms with E-state index in [1.54, 1.807) is 19.2 Å². The van der Waals surface area contributed by atoms with Crippen molar-refractivity contribution in [1.82, 2.24) is 5.32 Å². The molecule has 5 nitrogen and oxygen atoms in total. The lowest BCUT2D eigenvalue weighted by molar-refractivity contribution is -0.118. The van der Waals surface area contributed by atoms with Gasteiger partial charge in [-0.25, -0.2) is 0 Å². The molecule has 2 N–H and O–H groups in total. The van der Waals surface area contributed by atoms with Gasteiger partial charge in [0, 0.05) is 18.3 Å². The van der Waals surface area contributed by atoms with Crippen LogP contribution in [0, 0.1) is 0 Å². The lowest BCUT2D eigenvalue weighted by Gasteiger charge is -2.12. The number of carbonyl (C=O) groups excluding carboxylic acids is 1. The second-order valence-corrected chi connectivity index (χ2v) is 4.95. The second kappa shape index (κ2) is 8.80. The summed E-state index contributed by atoms with van der Waals surface area (Å²) in [4.78, 5) is 12.1. The minimum absolute atomic E-state index is 0.0529. The van der Waals surface area contributed by atoms with Gasteiger partial charge < -0.3 is 20.1 Å². The van der Waals surface area contributed by atoms with Gasteiger partial charge in [-0.05, 0) is 30.3 Å². The summed E-state index contributed by atoms with van der Waals surface area (Å²) in [7, 11) is 1.59. The van der Waals surface area contributed by atoms with Gasteiger partial charge in [0.2, 0.25) is 0 Å². The zero-order chi connectivity index (χ0) is 16.5. The number of methoxy groups -OCH3 is 1. The average Bonchev–Trinajstić information content (AvgIpc) is 2.59. The monoisotopic (exact) mass is 314 g/mol. The summed E-state index contributed by atoms with van der Waals surface area (Å²) in [6.45, 7) is 3.58. The number of amides is 1. The minimum Gasteiger partial charge on any atom is -0.497 e. The van der Waals surface area contributed by atoms with Gasteiger partial charge in [-0.15, -0.1) is 0 Å². The van der Waals surface area contributed by atoms with Crippen LogP contribution in [0.2, 0.25) is 0 Å². The molecule has 0 bridgehead atoms. The van der Waals surface area contributed by atoms with Crippen LogP contribution in [0.3, 0.4) is 0 Å². The predicted molar refractivity (Wildman–Crippen MR) is 90.9 cm³/mol. The van der Waals surface area contributed by atoms with E-state index in [-0.39, 0.29) is 12.5 Å². The number of nitrogens with one attached hydrogen (secondary N) is 2. The zero-order valence-corrected chi connectivity index (χ0v) is 13.5. The number of carbonyl (C=O) groups is 1. The van der Waals surface area contributed by atoms with Crippen LogP contribution in [0.15, 0.2) is 48.5 Å². The standard InChI is InChI=1S/C18H22N2O3/c1-3-19-12-14-7-4-5-10-17(14)20-18(21)13-23-16-9-6-8-15(11-16)22-2/h4-11,19H,3,12-13H2,1-2H3,(H,20,21). The maximum absolute atomic E-state index is 12.1. The summed E-state index contributed by atoms with van der Waals surface area (Å²) < 4.78 is 10.6. The normalized spacial score (nSPS) is 10.2. The van der Waals surface area contributed by atoms with Crippen LogP contribution < -0.4 is 20.1 Å². The number of hydrogen-bond acceptors (Lipinski definition) is 4. The summed E-state index contributed by atoms with van der Waals surface area (Å²) in [5.41, 5.74) is 1.84. The van der Waals surface area contributed by atoms with Gasteiger partial charge in [-0.2, -0.15) is 0 Å². The smallest absolute Gasteiger partial charge is 0.262 e. The summed E-state index contributed by atoms with van der Waals surface area (Å²) in [6.07, 6.45) is 0. The number of rotatable bonds is 8. The molecule has 0 saturated heterocycles. The van der Waals surface area contributed by atoms with Gasteiger partial charge in [0.25, 0.3) is 5.91 Å². The number of para-hydroxylation sites is 1. The Labute approximate surface area is 136 Å². The highest BCUT2D eigenvalue weighted by molar-refractivity contribution is 5.92. The fourth-order valence-electron chi connectivity index (χ4n) is 2.08. The number of anilines is 1. The SMILES string of the molecule is CCNCc1ccccc1NC(=O)COc1cccc(OC)c1. The highest BCUT2D eigenvalue weighted by Crippen LogP contribution is 2.19. The molecule has 0 fully saturated rings. The van der Waals surface area contributed by atoms with Gasteiger partial charge in [0.15, 0.2) is 6.61 Å². The Morgan fingerprint density at radius 2 is 1.87 bits per heavy atom. The van der Waals surface area contributed by atoms with Gasteiger partial charge in [-0.3, -0.25) is 4.79 Å². The van der Waals surface area contributed by atoms with Crippen LogP contribution in [-0.2, 0) is 11.3 Å². The zero-order valence-electron chi connectivity index (χ0n) is 13.5. The van der Waals surface area contributed by atoms with Crippen LogP contribution >= 0.6 is 0 Å². The van der Waals surface area contributed by atoms with Crippen molar-refractivity contribution in [2.24, 2.45) is 0 Å². The fourth-order valence-corrected chi connectivity index (χ4v) is 2.08. The highest BCUT2D eigenvalue weighted by Gasteiger charge is 2.07. The fraction of sp³-hybridized carbons (Fsp3) is 0.278. The lowest BCUT2D eigenvalue weighted by atomic mass is 10.1. The molecule has 0 saturated carbocycles. The summed E-state index contributed by atoms with van der Waals surface area (Å²) in [6, 6.07) is 14.9. The van der Waals surface area contributed by atoms with Crippen LogP contribution in [-0.4, -0.2) is 26.2 Å². The molecular formula is C18H22N2O3. The van der Waals surface area contributed by atoms with E-state index in [4.69, 9.17) is 9.47 Å². The van der Waals surface area contributed by atoms with E-state index >= 15 is 0 Å². The quantitative estimate of drug-likeness (QED) is 0.786. The Morgan fingerprint density at radius 3 is 2.65 bits per heavy atom. The van der Waals surface area contributed by atoms with Crippen LogP contribution in [0.25, 0.3) is 0 Å². The topological polar surface area (TPSA) is 59.6 Å². The molecular weight excluding hydrogens is 292 g/mol. The molecule has 0 aliphatic carbocycles. The van der Waals surface area contributed by atoms with Crippen molar-refractivity contribution >= 4 is 11.6 Å². The summed E-state index contributed by atoms with van der Waals surface area (Å²) in [5.74, 6) is 1.09. The van der Waals surface area contributed by atoms with E-state index in [9.17, 15) is 4.79 Å². The molecule has 2 aromatic rings. The number of ether oxygens (including phenoxy) is 2. The Kier molecular flexibility index (Phi) is 6.44. The molecule has 1 amide bonds. The third-order valence-electron chi connectivity index (χ3n) is 3.27. The molecule has 0 heterocycles. The molecule has 23 heavy (non-hydrogen) atoms. The number of hydrogen-bond donors (Lipinski definition) is 2. The first-order valence-corrected chi connectivity index (χ1v) is 7.58. The van der Waals surface area contributed by atoms with Crippen LogP contribution in [0.5, 0.6) is 11.5 Å². The molecule has 0 radical (unpaired) electrons. The van der Waals surface area contributed by atoms with Crippen molar-refractivity contribution in [2.75, 3.05) is 25.6 Å². The van der Waals surface area contributed by atoms with Crippen molar-refractivity contribution in [3.8, 4) is 11.5 Å². The van der Waals surface area contributed by atoms with E-state index in [0.717, 1.165) is 17.8 Å². The van der Waals surface area contributed by atoms with Gasteiger partial charge >= 0.3 is 0 Å². The highest BCUT2D eigenvalue weighted by atomic mass is 16.5. The predicted octanol–water partition coefficient (Wildman–Crippen LogP) is 2.82. The largest absolute Gasteiger partial charge is 0.497 e. The first-order valence-electron chi connectivity index (χ1n) is 7.58. The molecule has 0 aromatic heterocycles. The van der Waals surface area contributed by atoms with Crippen molar-refractivity contribution in [3.63, 3.8) is 0 Å². The minimum atomic E-state index is -0.197. The van der Waals surface area contributed by atoms with Crippen molar-refractivity contribution < 1.29 is 14.3 Å². The van der Waals surface area contributed by atoms with Gasteiger partial charge in [0.05, 0.1) is 7.11 Å². The maximum atomic E-state index is 12.1. The Morgan fingerprint density at radius 1 is 1.09 bits per heavy atom. The van der Waals surface area contributed by atoms with E-state index in [0.29, 0.717) is 18.0 Å². The molecule has 0 spiro atoms. The van der Waals surface area contributed by atoms with E-state index in [1.807, 2.05) is 43.3 Å². The summed E-state index contributed by atoms with van der Waals surface area (Å²) >= 11 is 0. The first kappa shape index (κ1) is 16.8. The van der Waals surface area contributed by atoms with Crippen molar-refractivity contribution in [3.05, 3.63) is 54.1 Å². The van der Waals surface area contributed by atoms with E-state index < -0.39 is 0 Å². The van der Waals surface area contributed by atoms with E-state index in [2.05, 4.69) is 10.6 Å². The second-order valence-electron chi connectivity index (χ2n) is 4.95. The molecule has 0 aliphatic heterocycles. The molecule has 5 heteroatoms. The Hall–Kier alpha value is -2.53. The summed E-state index contributed by atoms with van der Waals surface area (Å²) in [5, 5.41) is 6.14. The lowest BCUT2D eigenvalue weighted by Crippen LogP contribution is -2.22. The molecule has 122 valence electrons. The van der Waals surface area contributed by atoms with Crippen molar-refractivity contribution in [2.45, 2.75) is 13.5 Å². The van der Waals surface area contributed by atoms with Gasteiger partial charge in [-0.1, -0.05) is 31.2 Å². The van der Waals surface area contributed by atoms with Gasteiger partial charge in [0.1, 0.15) is 11.5 Å². The van der Waals surface area contributed by atoms with E-state index in [1.165, 1.54) is 0 Å². The molecule has 0 atom stereocenters. The molecule has 0 aliphatic rings. The number of benzene rings is 2. The molecule has 2 aromatic carbocycles. The first-order chi connectivity index (χ1) is 11.2. The third kappa shape index (κ3) is 5.30. The third-order valence-corrected chi connectivity index (χ3v) is 3.27. The Bertz CT molecular complexity index is 644.